The van der Waals surface area contributed by atoms with Gasteiger partial charge in [-0.1, -0.05) is 38.0 Å². The minimum Gasteiger partial charge on any atom is -0.341 e. The average molecular weight is 477 g/mol. The molecule has 3 fully saturated rings. The van der Waals surface area contributed by atoms with Gasteiger partial charge in [-0.2, -0.15) is 0 Å². The van der Waals surface area contributed by atoms with Gasteiger partial charge < -0.3 is 9.47 Å². The van der Waals surface area contributed by atoms with Gasteiger partial charge in [0.25, 0.3) is 11.8 Å². The number of amides is 5. The summed E-state index contributed by atoms with van der Waals surface area (Å²) in [5.74, 6) is -1.13. The fraction of sp³-hybridized carbons (Fsp3) is 0.481. The summed E-state index contributed by atoms with van der Waals surface area (Å²) in [6.07, 6.45) is 10.9. The van der Waals surface area contributed by atoms with Gasteiger partial charge in [-0.3, -0.25) is 24.6 Å². The summed E-state index contributed by atoms with van der Waals surface area (Å²) in [6, 6.07) is 5.14. The topological polar surface area (TPSA) is 91.7 Å². The number of piperidine rings is 1. The maximum Gasteiger partial charge on any atom is 0.331 e. The molecule has 5 rings (SSSR count). The van der Waals surface area contributed by atoms with E-state index in [-0.39, 0.29) is 24.1 Å². The summed E-state index contributed by atoms with van der Waals surface area (Å²) in [6.45, 7) is 3.86. The lowest BCUT2D eigenvalue weighted by Gasteiger charge is -2.31. The number of carbonyl (C=O) groups is 4. The van der Waals surface area contributed by atoms with E-state index in [1.54, 1.807) is 6.08 Å². The highest BCUT2D eigenvalue weighted by Crippen LogP contribution is 2.30. The first-order chi connectivity index (χ1) is 17.0. The van der Waals surface area contributed by atoms with Crippen LogP contribution in [-0.4, -0.2) is 57.3 Å². The van der Waals surface area contributed by atoms with Gasteiger partial charge in [0.2, 0.25) is 5.91 Å². The summed E-state index contributed by atoms with van der Waals surface area (Å²) < 4.78 is 1.95. The van der Waals surface area contributed by atoms with E-state index < -0.39 is 17.8 Å². The summed E-state index contributed by atoms with van der Waals surface area (Å²) in [5, 5.41) is 3.23. The van der Waals surface area contributed by atoms with Crippen LogP contribution in [0.5, 0.6) is 0 Å². The van der Waals surface area contributed by atoms with E-state index in [1.807, 2.05) is 33.9 Å². The molecule has 2 aromatic rings. The molecule has 8 heteroatoms. The van der Waals surface area contributed by atoms with Crippen molar-refractivity contribution >= 4 is 40.7 Å². The average Bonchev–Trinajstić information content (AvgIpc) is 3.51. The van der Waals surface area contributed by atoms with Gasteiger partial charge in [-0.15, -0.1) is 0 Å². The molecule has 0 spiro atoms. The Hall–Kier alpha value is -3.42. The van der Waals surface area contributed by atoms with Crippen LogP contribution in [0.4, 0.5) is 4.79 Å². The number of barbiturate groups is 1. The summed E-state index contributed by atoms with van der Waals surface area (Å²) in [4.78, 5) is 54.7. The quantitative estimate of drug-likeness (QED) is 0.527. The van der Waals surface area contributed by atoms with Crippen LogP contribution in [0.3, 0.4) is 0 Å². The van der Waals surface area contributed by atoms with Crippen LogP contribution >= 0.6 is 0 Å². The van der Waals surface area contributed by atoms with E-state index in [1.165, 1.54) is 4.90 Å². The van der Waals surface area contributed by atoms with Crippen LogP contribution in [0.15, 0.2) is 30.0 Å². The molecule has 1 N–H and O–H groups in total. The zero-order valence-electron chi connectivity index (χ0n) is 20.2. The number of fused-ring (bicyclic) bond motifs is 1. The van der Waals surface area contributed by atoms with Gasteiger partial charge in [0.05, 0.1) is 5.52 Å². The van der Waals surface area contributed by atoms with Crippen LogP contribution in [-0.2, 0) is 27.3 Å². The number of aromatic nitrogens is 1. The maximum atomic E-state index is 13.3. The molecule has 0 unspecified atom stereocenters. The molecule has 1 aromatic carbocycles. The van der Waals surface area contributed by atoms with E-state index >= 15 is 0 Å². The van der Waals surface area contributed by atoms with Crippen molar-refractivity contribution in [2.24, 2.45) is 0 Å². The van der Waals surface area contributed by atoms with Gasteiger partial charge >= 0.3 is 6.03 Å². The first-order valence-electron chi connectivity index (χ1n) is 12.8. The maximum absolute atomic E-state index is 13.3. The van der Waals surface area contributed by atoms with Crippen molar-refractivity contribution in [3.05, 3.63) is 41.1 Å². The van der Waals surface area contributed by atoms with Crippen LogP contribution < -0.4 is 5.32 Å². The van der Waals surface area contributed by atoms with Crippen molar-refractivity contribution in [3.8, 4) is 0 Å². The molecular formula is C27H32N4O4. The number of likely N-dealkylation sites (tertiary alicyclic amines) is 1. The second-order valence-electron chi connectivity index (χ2n) is 9.75. The molecule has 35 heavy (non-hydrogen) atoms. The second kappa shape index (κ2) is 9.68. The normalized spacial score (nSPS) is 20.8. The Balaban J connectivity index is 1.53. The highest BCUT2D eigenvalue weighted by molar-refractivity contribution is 6.31. The number of para-hydroxylation sites is 1. The van der Waals surface area contributed by atoms with Crippen molar-refractivity contribution in [2.45, 2.75) is 70.9 Å². The molecule has 184 valence electrons. The van der Waals surface area contributed by atoms with Crippen molar-refractivity contribution in [1.29, 1.82) is 0 Å². The lowest BCUT2D eigenvalue weighted by Crippen LogP contribution is -2.57. The molecule has 3 heterocycles. The Kier molecular flexibility index (Phi) is 6.45. The van der Waals surface area contributed by atoms with E-state index in [9.17, 15) is 19.2 Å². The zero-order chi connectivity index (χ0) is 24.5. The van der Waals surface area contributed by atoms with Crippen molar-refractivity contribution < 1.29 is 19.2 Å². The largest absolute Gasteiger partial charge is 0.341 e. The number of rotatable bonds is 5. The zero-order valence-corrected chi connectivity index (χ0v) is 20.2. The fourth-order valence-electron chi connectivity index (χ4n) is 5.70. The molecule has 2 saturated heterocycles. The van der Waals surface area contributed by atoms with Crippen LogP contribution in [0.1, 0.15) is 63.0 Å². The number of benzene rings is 1. The molecule has 0 radical (unpaired) electrons. The highest BCUT2D eigenvalue weighted by atomic mass is 16.2. The predicted octanol–water partition coefficient (Wildman–Crippen LogP) is 3.62. The Bertz CT molecular complexity index is 1220. The van der Waals surface area contributed by atoms with Crippen molar-refractivity contribution in [1.82, 2.24) is 19.7 Å². The van der Waals surface area contributed by atoms with Gasteiger partial charge in [0, 0.05) is 36.3 Å². The Morgan fingerprint density at radius 2 is 1.80 bits per heavy atom. The third-order valence-electron chi connectivity index (χ3n) is 7.53. The molecular weight excluding hydrogens is 444 g/mol. The summed E-state index contributed by atoms with van der Waals surface area (Å²) in [5.41, 5.74) is 2.70. The van der Waals surface area contributed by atoms with Gasteiger partial charge in [-0.25, -0.2) is 4.79 Å². The minimum absolute atomic E-state index is 0.0418. The van der Waals surface area contributed by atoms with E-state index in [0.29, 0.717) is 5.56 Å². The number of imide groups is 2. The van der Waals surface area contributed by atoms with E-state index in [4.69, 9.17) is 0 Å². The van der Waals surface area contributed by atoms with Crippen molar-refractivity contribution in [3.63, 3.8) is 0 Å². The minimum atomic E-state index is -0.675. The predicted molar refractivity (Wildman–Crippen MR) is 132 cm³/mol. The smallest absolute Gasteiger partial charge is 0.331 e. The van der Waals surface area contributed by atoms with Crippen molar-refractivity contribution in [2.75, 3.05) is 13.1 Å². The SMILES string of the molecule is CCc1cccc2c(/C=C3/C(=O)NC(=O)N(C4CCCC4)C3=O)cn(CC(=O)N3CCCCC3)c12. The van der Waals surface area contributed by atoms with E-state index in [2.05, 4.69) is 12.2 Å². The monoisotopic (exact) mass is 476 g/mol. The van der Waals surface area contributed by atoms with Crippen LogP contribution in [0, 0.1) is 0 Å². The molecule has 2 aliphatic heterocycles. The standard InChI is InChI=1S/C27H32N4O4/c1-2-18-9-8-12-21-19(16-30(24(18)21)17-23(32)29-13-6-3-7-14-29)15-22-25(33)28-27(35)31(26(22)34)20-10-4-5-11-20/h8-9,12,15-16,20H,2-7,10-11,13-14,17H2,1H3,(H,28,33,35)/b22-15-. The van der Waals surface area contributed by atoms with E-state index in [0.717, 1.165) is 80.9 Å². The number of nitrogens with one attached hydrogen (secondary N) is 1. The molecule has 8 nitrogen and oxygen atoms in total. The Morgan fingerprint density at radius 1 is 1.06 bits per heavy atom. The summed E-state index contributed by atoms with van der Waals surface area (Å²) in [7, 11) is 0. The molecule has 5 amide bonds. The first-order valence-corrected chi connectivity index (χ1v) is 12.8. The molecule has 1 aromatic heterocycles. The third kappa shape index (κ3) is 4.37. The molecule has 0 atom stereocenters. The number of urea groups is 1. The first kappa shape index (κ1) is 23.3. The third-order valence-corrected chi connectivity index (χ3v) is 7.53. The fourth-order valence-corrected chi connectivity index (χ4v) is 5.70. The lowest BCUT2D eigenvalue weighted by atomic mass is 10.0. The number of nitrogens with zero attached hydrogens (tertiary/aromatic N) is 3. The Morgan fingerprint density at radius 3 is 2.51 bits per heavy atom. The number of hydrogen-bond donors (Lipinski definition) is 1. The lowest BCUT2D eigenvalue weighted by molar-refractivity contribution is -0.133. The molecule has 1 saturated carbocycles. The molecule has 3 aliphatic rings. The van der Waals surface area contributed by atoms with Gasteiger partial charge in [0.15, 0.2) is 0 Å². The van der Waals surface area contributed by atoms with Crippen LogP contribution in [0.25, 0.3) is 17.0 Å². The molecule has 0 bridgehead atoms. The molecule has 1 aliphatic carbocycles. The Labute approximate surface area is 204 Å². The second-order valence-corrected chi connectivity index (χ2v) is 9.75. The number of carbonyl (C=O) groups excluding carboxylic acids is 4. The highest BCUT2D eigenvalue weighted by Gasteiger charge is 2.40. The number of aryl methyl sites for hydroxylation is 1. The summed E-state index contributed by atoms with van der Waals surface area (Å²) >= 11 is 0. The van der Waals surface area contributed by atoms with Gasteiger partial charge in [0.1, 0.15) is 12.1 Å². The van der Waals surface area contributed by atoms with Gasteiger partial charge in [-0.05, 0) is 50.2 Å². The van der Waals surface area contributed by atoms with Crippen LogP contribution in [0.2, 0.25) is 0 Å². The number of hydrogen-bond acceptors (Lipinski definition) is 4.